The largest absolute Gasteiger partial charge is 0.481 e. The zero-order valence-electron chi connectivity index (χ0n) is 12.9. The maximum atomic E-state index is 12.3. The molecule has 21 heavy (non-hydrogen) atoms. The van der Waals surface area contributed by atoms with Crippen LogP contribution in [0.2, 0.25) is 0 Å². The third-order valence-electron chi connectivity index (χ3n) is 4.02. The molecule has 0 saturated carbocycles. The Bertz CT molecular complexity index is 530. The van der Waals surface area contributed by atoms with Crippen molar-refractivity contribution in [2.24, 2.45) is 11.3 Å². The van der Waals surface area contributed by atoms with Crippen molar-refractivity contribution in [3.8, 4) is 0 Å². The topological polar surface area (TPSA) is 57.6 Å². The van der Waals surface area contributed by atoms with E-state index in [-0.39, 0.29) is 18.2 Å². The molecule has 0 aliphatic rings. The Kier molecular flexibility index (Phi) is 5.96. The van der Waals surface area contributed by atoms with Crippen molar-refractivity contribution in [1.82, 2.24) is 4.90 Å². The normalized spacial score (nSPS) is 13.8. The SMILES string of the molecule is CC(C)C(C)(CC(=O)N(C)Cc1cccc(Br)c1)C(=O)O. The monoisotopic (exact) mass is 355 g/mol. The van der Waals surface area contributed by atoms with Crippen LogP contribution in [0.4, 0.5) is 0 Å². The van der Waals surface area contributed by atoms with Crippen LogP contribution in [0.1, 0.15) is 32.8 Å². The van der Waals surface area contributed by atoms with Crippen LogP contribution in [-0.4, -0.2) is 28.9 Å². The van der Waals surface area contributed by atoms with Gasteiger partial charge in [0.05, 0.1) is 5.41 Å². The second-order valence-electron chi connectivity index (χ2n) is 5.93. The summed E-state index contributed by atoms with van der Waals surface area (Å²) >= 11 is 3.39. The fourth-order valence-corrected chi connectivity index (χ4v) is 2.42. The number of hydrogen-bond acceptors (Lipinski definition) is 2. The predicted octanol–water partition coefficient (Wildman–Crippen LogP) is 3.54. The average molecular weight is 356 g/mol. The third-order valence-corrected chi connectivity index (χ3v) is 4.51. The van der Waals surface area contributed by atoms with Crippen molar-refractivity contribution in [1.29, 1.82) is 0 Å². The lowest BCUT2D eigenvalue weighted by Crippen LogP contribution is -2.39. The number of halogens is 1. The number of carboxylic acid groups (broad SMARTS) is 1. The molecule has 0 heterocycles. The number of nitrogens with zero attached hydrogens (tertiary/aromatic N) is 1. The van der Waals surface area contributed by atoms with Gasteiger partial charge in [0.1, 0.15) is 0 Å². The van der Waals surface area contributed by atoms with E-state index in [4.69, 9.17) is 0 Å². The van der Waals surface area contributed by atoms with Crippen molar-refractivity contribution in [2.75, 3.05) is 7.05 Å². The smallest absolute Gasteiger partial charge is 0.310 e. The fourth-order valence-electron chi connectivity index (χ4n) is 1.97. The van der Waals surface area contributed by atoms with E-state index in [0.29, 0.717) is 6.54 Å². The van der Waals surface area contributed by atoms with E-state index >= 15 is 0 Å². The molecule has 4 nitrogen and oxygen atoms in total. The second-order valence-corrected chi connectivity index (χ2v) is 6.85. The summed E-state index contributed by atoms with van der Waals surface area (Å²) in [5.41, 5.74) is -0.0374. The van der Waals surface area contributed by atoms with Crippen molar-refractivity contribution >= 4 is 27.8 Å². The van der Waals surface area contributed by atoms with E-state index in [9.17, 15) is 14.7 Å². The first-order valence-electron chi connectivity index (χ1n) is 6.88. The van der Waals surface area contributed by atoms with Gasteiger partial charge in [-0.2, -0.15) is 0 Å². The van der Waals surface area contributed by atoms with Crippen LogP contribution >= 0.6 is 15.9 Å². The van der Waals surface area contributed by atoms with Crippen LogP contribution < -0.4 is 0 Å². The first-order chi connectivity index (χ1) is 9.66. The second kappa shape index (κ2) is 7.07. The summed E-state index contributed by atoms with van der Waals surface area (Å²) in [4.78, 5) is 25.3. The van der Waals surface area contributed by atoms with E-state index in [2.05, 4.69) is 15.9 Å². The highest BCUT2D eigenvalue weighted by atomic mass is 79.9. The zero-order chi connectivity index (χ0) is 16.2. The van der Waals surface area contributed by atoms with Gasteiger partial charge < -0.3 is 10.0 Å². The van der Waals surface area contributed by atoms with Crippen LogP contribution in [0.5, 0.6) is 0 Å². The summed E-state index contributed by atoms with van der Waals surface area (Å²) in [7, 11) is 1.70. The van der Waals surface area contributed by atoms with Gasteiger partial charge in [-0.3, -0.25) is 9.59 Å². The van der Waals surface area contributed by atoms with Crippen molar-refractivity contribution in [3.63, 3.8) is 0 Å². The van der Waals surface area contributed by atoms with Crippen LogP contribution in [0.3, 0.4) is 0 Å². The molecule has 0 fully saturated rings. The van der Waals surface area contributed by atoms with Gasteiger partial charge in [-0.15, -0.1) is 0 Å². The minimum absolute atomic E-state index is 0.00447. The molecule has 1 N–H and O–H groups in total. The number of carboxylic acids is 1. The van der Waals surface area contributed by atoms with Crippen LogP contribution in [0.15, 0.2) is 28.7 Å². The third kappa shape index (κ3) is 4.56. The van der Waals surface area contributed by atoms with E-state index in [0.717, 1.165) is 10.0 Å². The molecular weight excluding hydrogens is 334 g/mol. The van der Waals surface area contributed by atoms with Gasteiger partial charge in [-0.1, -0.05) is 41.9 Å². The van der Waals surface area contributed by atoms with Crippen LogP contribution in [-0.2, 0) is 16.1 Å². The summed E-state index contributed by atoms with van der Waals surface area (Å²) in [6, 6.07) is 7.72. The first kappa shape index (κ1) is 17.7. The van der Waals surface area contributed by atoms with E-state index < -0.39 is 11.4 Å². The van der Waals surface area contributed by atoms with Gasteiger partial charge in [0, 0.05) is 24.5 Å². The standard InChI is InChI=1S/C16H22BrNO3/c1-11(2)16(3,15(20)21)9-14(19)18(4)10-12-6-5-7-13(17)8-12/h5-8,11H,9-10H2,1-4H3,(H,20,21). The molecule has 116 valence electrons. The predicted molar refractivity (Wildman–Crippen MR) is 85.8 cm³/mol. The zero-order valence-corrected chi connectivity index (χ0v) is 14.5. The molecule has 1 unspecified atom stereocenters. The minimum Gasteiger partial charge on any atom is -0.481 e. The molecule has 1 atom stereocenters. The molecule has 0 saturated heterocycles. The Labute approximate surface area is 134 Å². The molecule has 1 amide bonds. The van der Waals surface area contributed by atoms with Crippen molar-refractivity contribution in [2.45, 2.75) is 33.7 Å². The lowest BCUT2D eigenvalue weighted by atomic mass is 9.76. The van der Waals surface area contributed by atoms with Gasteiger partial charge in [0.2, 0.25) is 5.91 Å². The number of hydrogen-bond donors (Lipinski definition) is 1. The van der Waals surface area contributed by atoms with E-state index in [1.165, 1.54) is 0 Å². The molecule has 0 aromatic heterocycles. The fraction of sp³-hybridized carbons (Fsp3) is 0.500. The molecule has 0 bridgehead atoms. The highest BCUT2D eigenvalue weighted by Gasteiger charge is 2.39. The lowest BCUT2D eigenvalue weighted by Gasteiger charge is -2.30. The highest BCUT2D eigenvalue weighted by molar-refractivity contribution is 9.10. The van der Waals surface area contributed by atoms with Gasteiger partial charge in [-0.25, -0.2) is 0 Å². The summed E-state index contributed by atoms with van der Waals surface area (Å²) < 4.78 is 0.957. The Morgan fingerprint density at radius 1 is 1.38 bits per heavy atom. The van der Waals surface area contributed by atoms with Gasteiger partial charge in [-0.05, 0) is 30.5 Å². The molecule has 0 aliphatic heterocycles. The first-order valence-corrected chi connectivity index (χ1v) is 7.68. The highest BCUT2D eigenvalue weighted by Crippen LogP contribution is 2.32. The van der Waals surface area contributed by atoms with Crippen LogP contribution in [0, 0.1) is 11.3 Å². The van der Waals surface area contributed by atoms with Gasteiger partial charge in [0.15, 0.2) is 0 Å². The summed E-state index contributed by atoms with van der Waals surface area (Å²) in [6.45, 7) is 5.75. The molecular formula is C16H22BrNO3. The summed E-state index contributed by atoms with van der Waals surface area (Å²) in [5, 5.41) is 9.38. The minimum atomic E-state index is -1.04. The molecule has 0 aliphatic carbocycles. The number of aliphatic carboxylic acids is 1. The molecule has 1 aromatic rings. The molecule has 1 rings (SSSR count). The number of rotatable bonds is 6. The number of benzene rings is 1. The van der Waals surface area contributed by atoms with E-state index in [1.54, 1.807) is 18.9 Å². The Balaban J connectivity index is 2.77. The molecule has 0 radical (unpaired) electrons. The number of carbonyl (C=O) groups excluding carboxylic acids is 1. The maximum Gasteiger partial charge on any atom is 0.310 e. The Hall–Kier alpha value is -1.36. The quantitative estimate of drug-likeness (QED) is 0.848. The maximum absolute atomic E-state index is 12.3. The van der Waals surface area contributed by atoms with Gasteiger partial charge in [0.25, 0.3) is 0 Å². The Morgan fingerprint density at radius 3 is 2.48 bits per heavy atom. The van der Waals surface area contributed by atoms with Gasteiger partial charge >= 0.3 is 5.97 Å². The average Bonchev–Trinajstić information content (AvgIpc) is 2.37. The number of carbonyl (C=O) groups is 2. The molecule has 0 spiro atoms. The summed E-state index contributed by atoms with van der Waals surface area (Å²) in [5.74, 6) is -1.20. The van der Waals surface area contributed by atoms with Crippen LogP contribution in [0.25, 0.3) is 0 Å². The Morgan fingerprint density at radius 2 is 2.00 bits per heavy atom. The summed E-state index contributed by atoms with van der Waals surface area (Å²) in [6.07, 6.45) is 0.00447. The van der Waals surface area contributed by atoms with Crippen molar-refractivity contribution < 1.29 is 14.7 Å². The molecule has 1 aromatic carbocycles. The van der Waals surface area contributed by atoms with E-state index in [1.807, 2.05) is 38.1 Å². The van der Waals surface area contributed by atoms with Crippen molar-refractivity contribution in [3.05, 3.63) is 34.3 Å². The molecule has 5 heteroatoms. The number of amides is 1. The lowest BCUT2D eigenvalue weighted by molar-refractivity contribution is -0.155.